The average molecular weight is 526 g/mol. The Morgan fingerprint density at radius 3 is 2.30 bits per heavy atom. The lowest BCUT2D eigenvalue weighted by atomic mass is 10.1. The van der Waals surface area contributed by atoms with Crippen molar-refractivity contribution in [2.75, 3.05) is 13.2 Å². The lowest BCUT2D eigenvalue weighted by molar-refractivity contribution is -0.143. The number of amides is 2. The van der Waals surface area contributed by atoms with E-state index in [-0.39, 0.29) is 30.8 Å². The van der Waals surface area contributed by atoms with E-state index in [0.717, 1.165) is 9.13 Å². The Balaban J connectivity index is 2.17. The van der Waals surface area contributed by atoms with Gasteiger partial charge in [0, 0.05) is 16.7 Å². The summed E-state index contributed by atoms with van der Waals surface area (Å²) < 4.78 is 20.0. The molecule has 162 valence electrons. The quantitative estimate of drug-likeness (QED) is 0.468. The summed E-state index contributed by atoms with van der Waals surface area (Å²) in [6.07, 6.45) is 0.459. The van der Waals surface area contributed by atoms with Crippen molar-refractivity contribution in [2.24, 2.45) is 5.92 Å². The van der Waals surface area contributed by atoms with Crippen LogP contribution in [0.4, 0.5) is 4.39 Å². The molecule has 0 saturated carbocycles. The molecule has 0 aliphatic heterocycles. The number of hydrogen-bond donors (Lipinski definition) is 1. The molecule has 5 nitrogen and oxygen atoms in total. The molecule has 0 aromatic heterocycles. The summed E-state index contributed by atoms with van der Waals surface area (Å²) in [5.74, 6) is 0.0421. The predicted octanol–water partition coefficient (Wildman–Crippen LogP) is 4.39. The molecule has 0 fully saturated rings. The van der Waals surface area contributed by atoms with Crippen molar-refractivity contribution in [2.45, 2.75) is 39.8 Å². The normalized spacial score (nSPS) is 11.8. The SMILES string of the molecule is CCC(C(=O)NCC(C)C)N(Cc1ccc(F)cc1)C(=O)COc1ccc(I)cc1. The van der Waals surface area contributed by atoms with Gasteiger partial charge in [-0.25, -0.2) is 4.39 Å². The van der Waals surface area contributed by atoms with Crippen LogP contribution in [0, 0.1) is 15.3 Å². The summed E-state index contributed by atoms with van der Waals surface area (Å²) >= 11 is 2.19. The van der Waals surface area contributed by atoms with Crippen molar-refractivity contribution in [3.05, 3.63) is 63.5 Å². The first-order valence-corrected chi connectivity index (χ1v) is 11.1. The van der Waals surface area contributed by atoms with Crippen molar-refractivity contribution in [1.29, 1.82) is 0 Å². The fourth-order valence-corrected chi connectivity index (χ4v) is 3.25. The second-order valence-electron chi connectivity index (χ2n) is 7.45. The highest BCUT2D eigenvalue weighted by Gasteiger charge is 2.29. The molecular formula is C23H28FIN2O3. The van der Waals surface area contributed by atoms with Gasteiger partial charge in [-0.15, -0.1) is 0 Å². The van der Waals surface area contributed by atoms with Crippen LogP contribution in [0.15, 0.2) is 48.5 Å². The van der Waals surface area contributed by atoms with E-state index in [4.69, 9.17) is 4.74 Å². The Morgan fingerprint density at radius 2 is 1.73 bits per heavy atom. The lowest BCUT2D eigenvalue weighted by Gasteiger charge is -2.30. The third kappa shape index (κ3) is 7.59. The fourth-order valence-electron chi connectivity index (χ4n) is 2.89. The highest BCUT2D eigenvalue weighted by Crippen LogP contribution is 2.16. The molecule has 2 aromatic carbocycles. The topological polar surface area (TPSA) is 58.6 Å². The maximum absolute atomic E-state index is 13.3. The first-order chi connectivity index (χ1) is 14.3. The minimum Gasteiger partial charge on any atom is -0.484 e. The van der Waals surface area contributed by atoms with E-state index in [9.17, 15) is 14.0 Å². The first kappa shape index (κ1) is 24.1. The molecule has 1 atom stereocenters. The van der Waals surface area contributed by atoms with E-state index in [1.54, 1.807) is 24.3 Å². The first-order valence-electron chi connectivity index (χ1n) is 10.00. The fraction of sp³-hybridized carbons (Fsp3) is 0.391. The van der Waals surface area contributed by atoms with Gasteiger partial charge in [0.1, 0.15) is 17.6 Å². The molecule has 0 saturated heterocycles. The highest BCUT2D eigenvalue weighted by atomic mass is 127. The van der Waals surface area contributed by atoms with Gasteiger partial charge in [0.25, 0.3) is 5.91 Å². The molecule has 0 radical (unpaired) electrons. The number of rotatable bonds is 10. The molecule has 1 unspecified atom stereocenters. The van der Waals surface area contributed by atoms with Crippen molar-refractivity contribution in [1.82, 2.24) is 10.2 Å². The molecule has 0 aliphatic carbocycles. The van der Waals surface area contributed by atoms with Gasteiger partial charge in [-0.05, 0) is 76.9 Å². The van der Waals surface area contributed by atoms with Crippen molar-refractivity contribution in [3.63, 3.8) is 0 Å². The zero-order valence-corrected chi connectivity index (χ0v) is 19.7. The van der Waals surface area contributed by atoms with Gasteiger partial charge in [0.05, 0.1) is 0 Å². The number of nitrogens with zero attached hydrogens (tertiary/aromatic N) is 1. The molecule has 1 N–H and O–H groups in total. The van der Waals surface area contributed by atoms with Crippen LogP contribution >= 0.6 is 22.6 Å². The van der Waals surface area contributed by atoms with Crippen LogP contribution < -0.4 is 10.1 Å². The monoisotopic (exact) mass is 526 g/mol. The van der Waals surface area contributed by atoms with Crippen molar-refractivity contribution < 1.29 is 18.7 Å². The highest BCUT2D eigenvalue weighted by molar-refractivity contribution is 14.1. The number of carbonyl (C=O) groups is 2. The molecular weight excluding hydrogens is 498 g/mol. The van der Waals surface area contributed by atoms with Crippen LogP contribution in [0.3, 0.4) is 0 Å². The van der Waals surface area contributed by atoms with Gasteiger partial charge in [-0.1, -0.05) is 32.9 Å². The summed E-state index contributed by atoms with van der Waals surface area (Å²) in [7, 11) is 0. The summed E-state index contributed by atoms with van der Waals surface area (Å²) in [4.78, 5) is 27.3. The number of nitrogens with one attached hydrogen (secondary N) is 1. The summed E-state index contributed by atoms with van der Waals surface area (Å²) in [6.45, 7) is 6.44. The zero-order valence-electron chi connectivity index (χ0n) is 17.5. The maximum atomic E-state index is 13.3. The van der Waals surface area contributed by atoms with E-state index in [1.165, 1.54) is 17.0 Å². The number of hydrogen-bond acceptors (Lipinski definition) is 3. The van der Waals surface area contributed by atoms with Crippen molar-refractivity contribution >= 4 is 34.4 Å². The van der Waals surface area contributed by atoms with E-state index >= 15 is 0 Å². The molecule has 2 aromatic rings. The van der Waals surface area contributed by atoms with Gasteiger partial charge in [-0.3, -0.25) is 9.59 Å². The van der Waals surface area contributed by atoms with E-state index in [0.29, 0.717) is 24.6 Å². The molecule has 30 heavy (non-hydrogen) atoms. The third-order valence-corrected chi connectivity index (χ3v) is 5.23. The minimum absolute atomic E-state index is 0.185. The Bertz CT molecular complexity index is 825. The van der Waals surface area contributed by atoms with E-state index in [1.807, 2.05) is 32.9 Å². The maximum Gasteiger partial charge on any atom is 0.261 e. The molecule has 7 heteroatoms. The van der Waals surface area contributed by atoms with E-state index in [2.05, 4.69) is 27.9 Å². The Hall–Kier alpha value is -2.16. The van der Waals surface area contributed by atoms with Crippen LogP contribution in [-0.2, 0) is 16.1 Å². The summed E-state index contributed by atoms with van der Waals surface area (Å²) in [6, 6.07) is 12.7. The Labute approximate surface area is 191 Å². The molecule has 0 spiro atoms. The largest absolute Gasteiger partial charge is 0.484 e. The Morgan fingerprint density at radius 1 is 1.10 bits per heavy atom. The second-order valence-corrected chi connectivity index (χ2v) is 8.70. The number of carbonyl (C=O) groups excluding carboxylic acids is 2. The number of halogens is 2. The molecule has 2 rings (SSSR count). The average Bonchev–Trinajstić information content (AvgIpc) is 2.72. The summed E-state index contributed by atoms with van der Waals surface area (Å²) in [5.41, 5.74) is 0.745. The number of ether oxygens (including phenoxy) is 1. The lowest BCUT2D eigenvalue weighted by Crippen LogP contribution is -2.50. The summed E-state index contributed by atoms with van der Waals surface area (Å²) in [5, 5.41) is 2.91. The van der Waals surface area contributed by atoms with Gasteiger partial charge in [0.15, 0.2) is 6.61 Å². The Kier molecular flexibility index (Phi) is 9.55. The standard InChI is InChI=1S/C23H28FIN2O3/c1-4-21(23(29)26-13-16(2)3)27(14-17-5-7-18(24)8-6-17)22(28)15-30-20-11-9-19(25)10-12-20/h5-12,16,21H,4,13-15H2,1-3H3,(H,26,29). The second kappa shape index (κ2) is 11.9. The molecule has 0 bridgehead atoms. The van der Waals surface area contributed by atoms with Crippen LogP contribution in [-0.4, -0.2) is 35.9 Å². The molecule has 2 amide bonds. The third-order valence-electron chi connectivity index (χ3n) is 4.51. The van der Waals surface area contributed by atoms with E-state index < -0.39 is 6.04 Å². The van der Waals surface area contributed by atoms with Crippen LogP contribution in [0.25, 0.3) is 0 Å². The van der Waals surface area contributed by atoms with Gasteiger partial charge < -0.3 is 15.0 Å². The van der Waals surface area contributed by atoms with Gasteiger partial charge in [-0.2, -0.15) is 0 Å². The molecule has 0 heterocycles. The zero-order chi connectivity index (χ0) is 22.1. The van der Waals surface area contributed by atoms with Crippen LogP contribution in [0.2, 0.25) is 0 Å². The van der Waals surface area contributed by atoms with Crippen LogP contribution in [0.1, 0.15) is 32.8 Å². The van der Waals surface area contributed by atoms with Gasteiger partial charge >= 0.3 is 0 Å². The predicted molar refractivity (Wildman–Crippen MR) is 124 cm³/mol. The van der Waals surface area contributed by atoms with Crippen molar-refractivity contribution in [3.8, 4) is 5.75 Å². The van der Waals surface area contributed by atoms with Crippen LogP contribution in [0.5, 0.6) is 5.75 Å². The smallest absolute Gasteiger partial charge is 0.261 e. The number of benzene rings is 2. The molecule has 0 aliphatic rings. The van der Waals surface area contributed by atoms with Gasteiger partial charge in [0.2, 0.25) is 5.91 Å². The minimum atomic E-state index is -0.637.